The number of nitrogens with two attached hydrogens (primary N) is 1. The smallest absolute Gasteiger partial charge is 0.398 e. The van der Waals surface area contributed by atoms with Crippen molar-refractivity contribution in [2.24, 2.45) is 0 Å². The largest absolute Gasteiger partial charge is 0.411 e. The summed E-state index contributed by atoms with van der Waals surface area (Å²) in [5.41, 5.74) is 7.46. The summed E-state index contributed by atoms with van der Waals surface area (Å²) in [6.45, 7) is -1.42. The first-order valence-corrected chi connectivity index (χ1v) is 5.24. The predicted molar refractivity (Wildman–Crippen MR) is 61.9 cm³/mol. The number of halogens is 3. The monoisotopic (exact) mass is 256 g/mol. The Morgan fingerprint density at radius 1 is 1.22 bits per heavy atom. The number of fused-ring (bicyclic) bond motifs is 1. The van der Waals surface area contributed by atoms with Crippen LogP contribution in [-0.4, -0.2) is 17.8 Å². The lowest BCUT2D eigenvalue weighted by Crippen LogP contribution is -2.16. The van der Waals surface area contributed by atoms with Crippen molar-refractivity contribution in [2.45, 2.75) is 12.8 Å². The van der Waals surface area contributed by atoms with Crippen LogP contribution in [0, 0.1) is 0 Å². The number of anilines is 1. The fourth-order valence-electron chi connectivity index (χ4n) is 1.65. The average Bonchev–Trinajstić information content (AvgIpc) is 2.31. The summed E-state index contributed by atoms with van der Waals surface area (Å²) in [5.74, 6) is 0. The van der Waals surface area contributed by atoms with Gasteiger partial charge < -0.3 is 10.5 Å². The zero-order valence-corrected chi connectivity index (χ0v) is 9.37. The molecule has 3 nitrogen and oxygen atoms in total. The molecule has 96 valence electrons. The minimum atomic E-state index is -4.32. The second-order valence-corrected chi connectivity index (χ2v) is 3.82. The third-order valence-electron chi connectivity index (χ3n) is 2.41. The van der Waals surface area contributed by atoms with Gasteiger partial charge in [-0.05, 0) is 18.2 Å². The van der Waals surface area contributed by atoms with Crippen LogP contribution in [0.25, 0.3) is 10.9 Å². The molecule has 0 unspecified atom stereocenters. The lowest BCUT2D eigenvalue weighted by molar-refractivity contribution is -0.176. The van der Waals surface area contributed by atoms with E-state index >= 15 is 0 Å². The van der Waals surface area contributed by atoms with Crippen LogP contribution in [0.3, 0.4) is 0 Å². The summed E-state index contributed by atoms with van der Waals surface area (Å²) in [7, 11) is 0. The second kappa shape index (κ2) is 4.81. The summed E-state index contributed by atoms with van der Waals surface area (Å²) in [6, 6.07) is 6.75. The maximum absolute atomic E-state index is 12.0. The highest BCUT2D eigenvalue weighted by atomic mass is 19.4. The van der Waals surface area contributed by atoms with Crippen molar-refractivity contribution in [3.63, 3.8) is 0 Å². The van der Waals surface area contributed by atoms with E-state index in [9.17, 15) is 13.2 Å². The molecule has 0 saturated heterocycles. The van der Waals surface area contributed by atoms with E-state index in [-0.39, 0.29) is 6.61 Å². The Labute approximate surface area is 101 Å². The number of hydrogen-bond acceptors (Lipinski definition) is 3. The first-order valence-electron chi connectivity index (χ1n) is 5.24. The van der Waals surface area contributed by atoms with Crippen LogP contribution in [0.15, 0.2) is 30.5 Å². The number of ether oxygens (including phenoxy) is 1. The van der Waals surface area contributed by atoms with Crippen LogP contribution >= 0.6 is 0 Å². The number of benzene rings is 1. The molecule has 1 aromatic heterocycles. The summed E-state index contributed by atoms with van der Waals surface area (Å²) >= 11 is 0. The SMILES string of the molecule is Nc1ccc(COCC(F)(F)F)c2ncccc12. The van der Waals surface area contributed by atoms with Gasteiger partial charge in [-0.15, -0.1) is 0 Å². The maximum Gasteiger partial charge on any atom is 0.411 e. The highest BCUT2D eigenvalue weighted by Gasteiger charge is 2.27. The quantitative estimate of drug-likeness (QED) is 0.859. The van der Waals surface area contributed by atoms with E-state index in [4.69, 9.17) is 5.73 Å². The Morgan fingerprint density at radius 3 is 2.72 bits per heavy atom. The normalized spacial score (nSPS) is 11.9. The average molecular weight is 256 g/mol. The lowest BCUT2D eigenvalue weighted by Gasteiger charge is -2.10. The molecule has 0 aliphatic carbocycles. The Morgan fingerprint density at radius 2 is 2.00 bits per heavy atom. The van der Waals surface area contributed by atoms with Gasteiger partial charge in [0.05, 0.1) is 12.1 Å². The standard InChI is InChI=1S/C12H11F3N2O/c13-12(14,15)7-18-6-8-3-4-10(16)9-2-1-5-17-11(8)9/h1-5H,6-7,16H2. The lowest BCUT2D eigenvalue weighted by atomic mass is 10.1. The van der Waals surface area contributed by atoms with Crippen LogP contribution in [0.1, 0.15) is 5.56 Å². The molecule has 0 spiro atoms. The summed E-state index contributed by atoms with van der Waals surface area (Å²) in [6.07, 6.45) is -2.76. The van der Waals surface area contributed by atoms with Gasteiger partial charge in [-0.2, -0.15) is 13.2 Å². The zero-order valence-electron chi connectivity index (χ0n) is 9.37. The Bertz CT molecular complexity index is 555. The number of aromatic nitrogens is 1. The molecule has 18 heavy (non-hydrogen) atoms. The van der Waals surface area contributed by atoms with Crippen LogP contribution in [0.5, 0.6) is 0 Å². The molecule has 0 fully saturated rings. The highest BCUT2D eigenvalue weighted by Crippen LogP contribution is 2.23. The van der Waals surface area contributed by atoms with E-state index in [2.05, 4.69) is 9.72 Å². The number of rotatable bonds is 3. The number of pyridine rings is 1. The van der Waals surface area contributed by atoms with E-state index in [0.717, 1.165) is 0 Å². The van der Waals surface area contributed by atoms with Gasteiger partial charge in [0, 0.05) is 22.8 Å². The predicted octanol–water partition coefficient (Wildman–Crippen LogP) is 2.90. The molecule has 0 atom stereocenters. The molecule has 0 bridgehead atoms. The van der Waals surface area contributed by atoms with Crippen molar-refractivity contribution in [3.8, 4) is 0 Å². The third-order valence-corrected chi connectivity index (χ3v) is 2.41. The van der Waals surface area contributed by atoms with Gasteiger partial charge in [-0.25, -0.2) is 0 Å². The molecule has 2 rings (SSSR count). The van der Waals surface area contributed by atoms with E-state index in [1.165, 1.54) is 0 Å². The molecule has 0 aliphatic heterocycles. The summed E-state index contributed by atoms with van der Waals surface area (Å²) < 4.78 is 40.6. The topological polar surface area (TPSA) is 48.1 Å². The van der Waals surface area contributed by atoms with Crippen LogP contribution in [-0.2, 0) is 11.3 Å². The zero-order chi connectivity index (χ0) is 13.2. The maximum atomic E-state index is 12.0. The Kier molecular flexibility index (Phi) is 3.38. The molecule has 0 saturated carbocycles. The summed E-state index contributed by atoms with van der Waals surface area (Å²) in [4.78, 5) is 4.12. The third kappa shape index (κ3) is 2.89. The fraction of sp³-hybridized carbons (Fsp3) is 0.250. The van der Waals surface area contributed by atoms with Crippen molar-refractivity contribution in [3.05, 3.63) is 36.0 Å². The fourth-order valence-corrected chi connectivity index (χ4v) is 1.65. The van der Waals surface area contributed by atoms with E-state index < -0.39 is 12.8 Å². The van der Waals surface area contributed by atoms with E-state index in [0.29, 0.717) is 22.2 Å². The van der Waals surface area contributed by atoms with E-state index in [1.807, 2.05) is 0 Å². The molecule has 0 amide bonds. The molecule has 1 aromatic carbocycles. The molecule has 2 N–H and O–H groups in total. The van der Waals surface area contributed by atoms with Crippen molar-refractivity contribution in [1.82, 2.24) is 4.98 Å². The van der Waals surface area contributed by atoms with Gasteiger partial charge in [0.25, 0.3) is 0 Å². The molecule has 2 aromatic rings. The highest BCUT2D eigenvalue weighted by molar-refractivity contribution is 5.92. The number of hydrogen-bond donors (Lipinski definition) is 1. The van der Waals surface area contributed by atoms with Crippen molar-refractivity contribution in [1.29, 1.82) is 0 Å². The van der Waals surface area contributed by atoms with Crippen LogP contribution in [0.2, 0.25) is 0 Å². The first-order chi connectivity index (χ1) is 8.47. The van der Waals surface area contributed by atoms with Gasteiger partial charge in [0.15, 0.2) is 0 Å². The number of nitrogen functional groups attached to an aromatic ring is 1. The van der Waals surface area contributed by atoms with Gasteiger partial charge in [-0.3, -0.25) is 4.98 Å². The number of nitrogens with zero attached hydrogens (tertiary/aromatic N) is 1. The van der Waals surface area contributed by atoms with Crippen LogP contribution in [0.4, 0.5) is 18.9 Å². The summed E-state index contributed by atoms with van der Waals surface area (Å²) in [5, 5.41) is 0.714. The molecule has 1 heterocycles. The van der Waals surface area contributed by atoms with Crippen LogP contribution < -0.4 is 5.73 Å². The number of alkyl halides is 3. The molecule has 0 radical (unpaired) electrons. The second-order valence-electron chi connectivity index (χ2n) is 3.82. The van der Waals surface area contributed by atoms with Gasteiger partial charge in [0.2, 0.25) is 0 Å². The van der Waals surface area contributed by atoms with Gasteiger partial charge in [0.1, 0.15) is 6.61 Å². The molecule has 6 heteroatoms. The van der Waals surface area contributed by atoms with Gasteiger partial charge >= 0.3 is 6.18 Å². The van der Waals surface area contributed by atoms with Gasteiger partial charge in [-0.1, -0.05) is 6.07 Å². The first kappa shape index (κ1) is 12.6. The minimum Gasteiger partial charge on any atom is -0.398 e. The molecular weight excluding hydrogens is 245 g/mol. The Hall–Kier alpha value is -1.82. The van der Waals surface area contributed by atoms with Crippen molar-refractivity contribution < 1.29 is 17.9 Å². The van der Waals surface area contributed by atoms with E-state index in [1.54, 1.807) is 30.5 Å². The minimum absolute atomic E-state index is 0.146. The Balaban J connectivity index is 2.21. The molecular formula is C12H11F3N2O. The van der Waals surface area contributed by atoms with Crippen molar-refractivity contribution in [2.75, 3.05) is 12.3 Å². The van der Waals surface area contributed by atoms with Crippen molar-refractivity contribution >= 4 is 16.6 Å². The molecule has 0 aliphatic rings.